The SMILES string of the molecule is Cc1cccc(C(=O)N2CC3CCCC3C2)c1. The van der Waals surface area contributed by atoms with E-state index in [2.05, 4.69) is 4.90 Å². The molecule has 17 heavy (non-hydrogen) atoms. The van der Waals surface area contributed by atoms with E-state index in [1.54, 1.807) is 0 Å². The molecule has 0 N–H and O–H groups in total. The number of carbonyl (C=O) groups excluding carboxylic acids is 1. The van der Waals surface area contributed by atoms with E-state index >= 15 is 0 Å². The van der Waals surface area contributed by atoms with Crippen molar-refractivity contribution in [1.82, 2.24) is 4.90 Å². The van der Waals surface area contributed by atoms with Gasteiger partial charge < -0.3 is 4.90 Å². The summed E-state index contributed by atoms with van der Waals surface area (Å²) in [6, 6.07) is 7.94. The van der Waals surface area contributed by atoms with E-state index in [-0.39, 0.29) is 5.91 Å². The number of carbonyl (C=O) groups is 1. The molecule has 3 rings (SSSR count). The van der Waals surface area contributed by atoms with E-state index in [9.17, 15) is 4.79 Å². The minimum Gasteiger partial charge on any atom is -0.338 e. The van der Waals surface area contributed by atoms with Crippen molar-refractivity contribution < 1.29 is 4.79 Å². The molecular formula is C15H19NO. The van der Waals surface area contributed by atoms with Gasteiger partial charge in [0.25, 0.3) is 5.91 Å². The van der Waals surface area contributed by atoms with Gasteiger partial charge in [-0.05, 0) is 43.7 Å². The van der Waals surface area contributed by atoms with Gasteiger partial charge in [0.2, 0.25) is 0 Å². The van der Waals surface area contributed by atoms with Crippen LogP contribution in [0.3, 0.4) is 0 Å². The third-order valence-electron chi connectivity index (χ3n) is 4.28. The Morgan fingerprint density at radius 1 is 1.24 bits per heavy atom. The fourth-order valence-electron chi connectivity index (χ4n) is 3.36. The molecule has 90 valence electrons. The minimum absolute atomic E-state index is 0.225. The zero-order chi connectivity index (χ0) is 11.8. The lowest BCUT2D eigenvalue weighted by atomic mass is 10.0. The van der Waals surface area contributed by atoms with Crippen molar-refractivity contribution >= 4 is 5.91 Å². The summed E-state index contributed by atoms with van der Waals surface area (Å²) in [5, 5.41) is 0. The molecule has 1 amide bonds. The number of nitrogens with zero attached hydrogens (tertiary/aromatic N) is 1. The van der Waals surface area contributed by atoms with Gasteiger partial charge in [0.05, 0.1) is 0 Å². The molecule has 2 unspecified atom stereocenters. The summed E-state index contributed by atoms with van der Waals surface area (Å²) in [5.74, 6) is 1.79. The van der Waals surface area contributed by atoms with Crippen LogP contribution in [-0.2, 0) is 0 Å². The van der Waals surface area contributed by atoms with Gasteiger partial charge in [-0.15, -0.1) is 0 Å². The van der Waals surface area contributed by atoms with Crippen LogP contribution in [0.5, 0.6) is 0 Å². The predicted molar refractivity (Wildman–Crippen MR) is 67.9 cm³/mol. The summed E-state index contributed by atoms with van der Waals surface area (Å²) in [5.41, 5.74) is 2.01. The van der Waals surface area contributed by atoms with Crippen molar-refractivity contribution in [2.75, 3.05) is 13.1 Å². The van der Waals surface area contributed by atoms with E-state index in [4.69, 9.17) is 0 Å². The van der Waals surface area contributed by atoms with Crippen molar-refractivity contribution in [2.45, 2.75) is 26.2 Å². The Labute approximate surface area is 103 Å². The van der Waals surface area contributed by atoms with Gasteiger partial charge in [-0.1, -0.05) is 24.1 Å². The van der Waals surface area contributed by atoms with Crippen LogP contribution in [0.1, 0.15) is 35.2 Å². The second-order valence-electron chi connectivity index (χ2n) is 5.53. The maximum absolute atomic E-state index is 12.4. The lowest BCUT2D eigenvalue weighted by Crippen LogP contribution is -2.29. The third kappa shape index (κ3) is 1.97. The average molecular weight is 229 g/mol. The Balaban J connectivity index is 1.75. The first kappa shape index (κ1) is 10.8. The maximum Gasteiger partial charge on any atom is 0.253 e. The summed E-state index contributed by atoms with van der Waals surface area (Å²) in [7, 11) is 0. The summed E-state index contributed by atoms with van der Waals surface area (Å²) >= 11 is 0. The Bertz CT molecular complexity index is 428. The van der Waals surface area contributed by atoms with Crippen molar-refractivity contribution in [2.24, 2.45) is 11.8 Å². The summed E-state index contributed by atoms with van der Waals surface area (Å²) in [6.45, 7) is 4.00. The van der Waals surface area contributed by atoms with Gasteiger partial charge in [-0.3, -0.25) is 4.79 Å². The van der Waals surface area contributed by atoms with Crippen LogP contribution in [0.4, 0.5) is 0 Å². The van der Waals surface area contributed by atoms with Crippen LogP contribution in [0, 0.1) is 18.8 Å². The lowest BCUT2D eigenvalue weighted by molar-refractivity contribution is 0.0780. The number of fused-ring (bicyclic) bond motifs is 1. The third-order valence-corrected chi connectivity index (χ3v) is 4.28. The molecule has 1 heterocycles. The second-order valence-corrected chi connectivity index (χ2v) is 5.53. The summed E-state index contributed by atoms with van der Waals surface area (Å²) in [4.78, 5) is 14.4. The number of benzene rings is 1. The lowest BCUT2D eigenvalue weighted by Gasteiger charge is -2.17. The number of hydrogen-bond donors (Lipinski definition) is 0. The van der Waals surface area contributed by atoms with Gasteiger partial charge in [0.1, 0.15) is 0 Å². The highest BCUT2D eigenvalue weighted by molar-refractivity contribution is 5.94. The minimum atomic E-state index is 0.225. The fraction of sp³-hybridized carbons (Fsp3) is 0.533. The number of rotatable bonds is 1. The number of aryl methyl sites for hydroxylation is 1. The van der Waals surface area contributed by atoms with Gasteiger partial charge in [-0.25, -0.2) is 0 Å². The van der Waals surface area contributed by atoms with Crippen LogP contribution in [0.2, 0.25) is 0 Å². The summed E-state index contributed by atoms with van der Waals surface area (Å²) < 4.78 is 0. The summed E-state index contributed by atoms with van der Waals surface area (Å²) in [6.07, 6.45) is 4.01. The van der Waals surface area contributed by atoms with Crippen LogP contribution in [0.15, 0.2) is 24.3 Å². The molecule has 2 atom stereocenters. The van der Waals surface area contributed by atoms with Crippen molar-refractivity contribution in [3.63, 3.8) is 0 Å². The molecule has 1 aliphatic carbocycles. The zero-order valence-electron chi connectivity index (χ0n) is 10.4. The van der Waals surface area contributed by atoms with Gasteiger partial charge in [-0.2, -0.15) is 0 Å². The zero-order valence-corrected chi connectivity index (χ0v) is 10.4. The van der Waals surface area contributed by atoms with Crippen LogP contribution < -0.4 is 0 Å². The largest absolute Gasteiger partial charge is 0.338 e. The monoisotopic (exact) mass is 229 g/mol. The number of amides is 1. The Morgan fingerprint density at radius 2 is 1.94 bits per heavy atom. The quantitative estimate of drug-likeness (QED) is 0.725. The first-order chi connectivity index (χ1) is 8.24. The van der Waals surface area contributed by atoms with Gasteiger partial charge >= 0.3 is 0 Å². The molecule has 0 radical (unpaired) electrons. The van der Waals surface area contributed by atoms with E-state index in [1.165, 1.54) is 19.3 Å². The van der Waals surface area contributed by atoms with Crippen molar-refractivity contribution in [3.05, 3.63) is 35.4 Å². The highest BCUT2D eigenvalue weighted by Gasteiger charge is 2.38. The Morgan fingerprint density at radius 3 is 2.59 bits per heavy atom. The first-order valence-corrected chi connectivity index (χ1v) is 6.60. The average Bonchev–Trinajstić information content (AvgIpc) is 2.88. The van der Waals surface area contributed by atoms with Crippen LogP contribution in [-0.4, -0.2) is 23.9 Å². The van der Waals surface area contributed by atoms with E-state index in [1.807, 2.05) is 31.2 Å². The highest BCUT2D eigenvalue weighted by atomic mass is 16.2. The first-order valence-electron chi connectivity index (χ1n) is 6.60. The number of hydrogen-bond acceptors (Lipinski definition) is 1. The van der Waals surface area contributed by atoms with Crippen molar-refractivity contribution in [3.8, 4) is 0 Å². The molecule has 0 bridgehead atoms. The van der Waals surface area contributed by atoms with E-state index in [0.29, 0.717) is 0 Å². The smallest absolute Gasteiger partial charge is 0.253 e. The molecule has 0 spiro atoms. The topological polar surface area (TPSA) is 20.3 Å². The van der Waals surface area contributed by atoms with Gasteiger partial charge in [0.15, 0.2) is 0 Å². The molecule has 1 aromatic carbocycles. The molecule has 1 aromatic rings. The second kappa shape index (κ2) is 4.17. The molecule has 0 aromatic heterocycles. The highest BCUT2D eigenvalue weighted by Crippen LogP contribution is 2.38. The van der Waals surface area contributed by atoms with E-state index < -0.39 is 0 Å². The van der Waals surface area contributed by atoms with Crippen LogP contribution >= 0.6 is 0 Å². The molecule has 2 aliphatic rings. The van der Waals surface area contributed by atoms with E-state index in [0.717, 1.165) is 36.1 Å². The molecule has 1 aliphatic heterocycles. The molecule has 2 fully saturated rings. The standard InChI is InChI=1S/C15H19NO/c1-11-4-2-5-12(8-11)15(17)16-9-13-6-3-7-14(13)10-16/h2,4-5,8,13-14H,3,6-7,9-10H2,1H3. The molecule has 2 heteroatoms. The molecule has 1 saturated carbocycles. The van der Waals surface area contributed by atoms with Crippen molar-refractivity contribution in [1.29, 1.82) is 0 Å². The predicted octanol–water partition coefficient (Wildman–Crippen LogP) is 2.87. The molecular weight excluding hydrogens is 210 g/mol. The normalized spacial score (nSPS) is 27.2. The maximum atomic E-state index is 12.4. The van der Waals surface area contributed by atoms with Gasteiger partial charge in [0, 0.05) is 18.7 Å². The Kier molecular flexibility index (Phi) is 2.65. The fourth-order valence-corrected chi connectivity index (χ4v) is 3.36. The molecule has 2 nitrogen and oxygen atoms in total. The van der Waals surface area contributed by atoms with Crippen LogP contribution in [0.25, 0.3) is 0 Å². The molecule has 1 saturated heterocycles. The number of likely N-dealkylation sites (tertiary alicyclic amines) is 1. The Hall–Kier alpha value is -1.31.